The molecule has 1 unspecified atom stereocenters. The third kappa shape index (κ3) is 5.80. The minimum atomic E-state index is -3.83. The smallest absolute Gasteiger partial charge is 0.410 e. The molecule has 5 atom stereocenters. The van der Waals surface area contributed by atoms with Gasteiger partial charge in [0.05, 0.1) is 23.6 Å². The van der Waals surface area contributed by atoms with E-state index in [-0.39, 0.29) is 37.9 Å². The van der Waals surface area contributed by atoms with Gasteiger partial charge < -0.3 is 24.4 Å². The van der Waals surface area contributed by atoms with Crippen LogP contribution in [0.3, 0.4) is 0 Å². The zero-order valence-corrected chi connectivity index (χ0v) is 26.7. The zero-order valence-electron chi connectivity index (χ0n) is 25.9. The van der Waals surface area contributed by atoms with Crippen LogP contribution in [0.25, 0.3) is 0 Å². The molecule has 3 fully saturated rings. The minimum absolute atomic E-state index is 0.105. The molecule has 0 saturated heterocycles. The summed E-state index contributed by atoms with van der Waals surface area (Å²) in [7, 11) is -2.11. The van der Waals surface area contributed by atoms with E-state index in [1.807, 2.05) is 24.3 Å². The summed E-state index contributed by atoms with van der Waals surface area (Å²) in [5.41, 5.74) is 0.393. The molecule has 3 aliphatic carbocycles. The molecule has 3 saturated carbocycles. The van der Waals surface area contributed by atoms with E-state index in [0.717, 1.165) is 36.8 Å². The van der Waals surface area contributed by atoms with Gasteiger partial charge in [-0.25, -0.2) is 13.2 Å². The van der Waals surface area contributed by atoms with Crippen LogP contribution < -0.4 is 19.5 Å². The van der Waals surface area contributed by atoms with Crippen molar-refractivity contribution >= 4 is 33.8 Å². The zero-order chi connectivity index (χ0) is 32.2. The number of ether oxygens (including phenoxy) is 3. The summed E-state index contributed by atoms with van der Waals surface area (Å²) in [4.78, 5) is 57.7. The summed E-state index contributed by atoms with van der Waals surface area (Å²) in [5.74, 6) is -2.20. The Kier molecular flexibility index (Phi) is 7.89. The average Bonchev–Trinajstić information content (AvgIpc) is 3.81. The van der Waals surface area contributed by atoms with Crippen molar-refractivity contribution in [2.75, 3.05) is 20.4 Å². The van der Waals surface area contributed by atoms with Crippen molar-refractivity contribution in [2.45, 2.75) is 87.8 Å². The van der Waals surface area contributed by atoms with Gasteiger partial charge in [-0.15, -0.1) is 0 Å². The molecule has 3 aliphatic heterocycles. The Hall–Kier alpha value is -3.81. The summed E-state index contributed by atoms with van der Waals surface area (Å²) in [6, 6.07) is 3.72. The molecule has 14 heteroatoms. The highest BCUT2D eigenvalue weighted by atomic mass is 32.2. The van der Waals surface area contributed by atoms with E-state index < -0.39 is 56.7 Å². The van der Waals surface area contributed by atoms with Crippen LogP contribution in [-0.2, 0) is 42.2 Å². The predicted molar refractivity (Wildman–Crippen MR) is 163 cm³/mol. The molecular formula is C32H40N4O9S. The van der Waals surface area contributed by atoms with Gasteiger partial charge in [-0.05, 0) is 63.0 Å². The molecule has 248 valence electrons. The van der Waals surface area contributed by atoms with Crippen molar-refractivity contribution in [3.05, 3.63) is 35.4 Å². The van der Waals surface area contributed by atoms with Crippen molar-refractivity contribution in [3.8, 4) is 11.5 Å². The molecule has 7 rings (SSSR count). The van der Waals surface area contributed by atoms with Crippen LogP contribution in [0, 0.1) is 17.8 Å². The number of nitrogens with one attached hydrogen (secondary N) is 2. The third-order valence-corrected chi connectivity index (χ3v) is 12.0. The van der Waals surface area contributed by atoms with Gasteiger partial charge in [0.1, 0.15) is 11.6 Å². The second kappa shape index (κ2) is 11.8. The van der Waals surface area contributed by atoms with Crippen molar-refractivity contribution in [1.82, 2.24) is 19.8 Å². The van der Waals surface area contributed by atoms with E-state index in [0.29, 0.717) is 44.0 Å². The van der Waals surface area contributed by atoms with Crippen molar-refractivity contribution in [3.63, 3.8) is 0 Å². The number of benzene rings is 1. The summed E-state index contributed by atoms with van der Waals surface area (Å²) < 4.78 is 44.5. The van der Waals surface area contributed by atoms with Crippen LogP contribution in [0.2, 0.25) is 0 Å². The van der Waals surface area contributed by atoms with E-state index in [4.69, 9.17) is 14.2 Å². The Morgan fingerprint density at radius 1 is 1.07 bits per heavy atom. The Morgan fingerprint density at radius 3 is 2.67 bits per heavy atom. The van der Waals surface area contributed by atoms with E-state index >= 15 is 0 Å². The van der Waals surface area contributed by atoms with Gasteiger partial charge >= 0.3 is 6.09 Å². The molecule has 1 aromatic carbocycles. The molecule has 4 amide bonds. The number of sulfonamides is 1. The number of rotatable bonds is 4. The van der Waals surface area contributed by atoms with E-state index in [1.165, 1.54) is 0 Å². The number of carbonyl (C=O) groups is 4. The van der Waals surface area contributed by atoms with Crippen molar-refractivity contribution < 1.29 is 41.8 Å². The van der Waals surface area contributed by atoms with Gasteiger partial charge in [0.2, 0.25) is 28.6 Å². The van der Waals surface area contributed by atoms with Crippen molar-refractivity contribution in [2.24, 2.45) is 17.8 Å². The number of hydrogen-bond donors (Lipinski definition) is 2. The fraction of sp³-hybridized carbons (Fsp3) is 0.625. The van der Waals surface area contributed by atoms with Gasteiger partial charge in [0.15, 0.2) is 11.5 Å². The molecule has 0 aromatic heterocycles. The Bertz CT molecular complexity index is 1590. The summed E-state index contributed by atoms with van der Waals surface area (Å²) in [6.07, 6.45) is 7.54. The topological polar surface area (TPSA) is 161 Å². The molecule has 0 bridgehead atoms. The van der Waals surface area contributed by atoms with Gasteiger partial charge in [0.25, 0.3) is 5.91 Å². The van der Waals surface area contributed by atoms with Crippen LogP contribution in [-0.4, -0.2) is 79.3 Å². The summed E-state index contributed by atoms with van der Waals surface area (Å²) >= 11 is 0. The predicted octanol–water partition coefficient (Wildman–Crippen LogP) is 2.33. The number of nitrogens with zero attached hydrogens (tertiary/aromatic N) is 2. The minimum Gasteiger partial charge on any atom is -0.454 e. The first kappa shape index (κ1) is 30.8. The fourth-order valence-corrected chi connectivity index (χ4v) is 8.62. The SMILES string of the molecule is CN1CCCCC/C=C\[C@@H]2C[C@@]2(C(=O)NS(=O)(=O)C2CC2)NC(=O)[C@@H]2C[C@@H](OC(=O)N3Cc4ccc5c(c4C3)OCO5)CC2C1=O. The van der Waals surface area contributed by atoms with Crippen molar-refractivity contribution in [1.29, 1.82) is 0 Å². The van der Waals surface area contributed by atoms with Crippen LogP contribution in [0.5, 0.6) is 11.5 Å². The second-order valence-electron chi connectivity index (χ2n) is 13.5. The fourth-order valence-electron chi connectivity index (χ4n) is 7.26. The Labute approximate surface area is 268 Å². The number of fused-ring (bicyclic) bond motifs is 5. The third-order valence-electron chi connectivity index (χ3n) is 10.2. The number of allylic oxidation sites excluding steroid dienone is 1. The first-order chi connectivity index (χ1) is 22.1. The number of carbonyl (C=O) groups excluding carboxylic acids is 4. The normalized spacial score (nSPS) is 31.5. The highest BCUT2D eigenvalue weighted by Gasteiger charge is 2.62. The number of hydrogen-bond acceptors (Lipinski definition) is 9. The molecule has 13 nitrogen and oxygen atoms in total. The number of amides is 4. The molecule has 6 aliphatic rings. The van der Waals surface area contributed by atoms with Crippen LogP contribution in [0.4, 0.5) is 4.79 Å². The first-order valence-electron chi connectivity index (χ1n) is 16.2. The van der Waals surface area contributed by atoms with Gasteiger partial charge in [-0.1, -0.05) is 24.6 Å². The Balaban J connectivity index is 1.08. The van der Waals surface area contributed by atoms with Crippen LogP contribution >= 0.6 is 0 Å². The first-order valence-corrected chi connectivity index (χ1v) is 17.8. The van der Waals surface area contributed by atoms with E-state index in [2.05, 4.69) is 10.0 Å². The quantitative estimate of drug-likeness (QED) is 0.464. The summed E-state index contributed by atoms with van der Waals surface area (Å²) in [6.45, 7) is 1.29. The maximum atomic E-state index is 14.0. The second-order valence-corrected chi connectivity index (χ2v) is 15.4. The highest BCUT2D eigenvalue weighted by molar-refractivity contribution is 7.91. The average molecular weight is 657 g/mol. The van der Waals surface area contributed by atoms with E-state index in [1.54, 1.807) is 16.8 Å². The van der Waals surface area contributed by atoms with Gasteiger partial charge in [-0.3, -0.25) is 24.0 Å². The molecule has 0 spiro atoms. The maximum absolute atomic E-state index is 14.0. The summed E-state index contributed by atoms with van der Waals surface area (Å²) in [5, 5.41) is 2.28. The molecule has 0 radical (unpaired) electrons. The monoisotopic (exact) mass is 656 g/mol. The molecular weight excluding hydrogens is 616 g/mol. The lowest BCUT2D eigenvalue weighted by Gasteiger charge is -2.26. The van der Waals surface area contributed by atoms with E-state index in [9.17, 15) is 27.6 Å². The Morgan fingerprint density at radius 2 is 1.87 bits per heavy atom. The lowest BCUT2D eigenvalue weighted by molar-refractivity contribution is -0.140. The maximum Gasteiger partial charge on any atom is 0.410 e. The molecule has 1 aromatic rings. The molecule has 2 N–H and O–H groups in total. The van der Waals surface area contributed by atoms with Crippen LogP contribution in [0.1, 0.15) is 68.9 Å². The van der Waals surface area contributed by atoms with Crippen LogP contribution in [0.15, 0.2) is 24.3 Å². The highest BCUT2D eigenvalue weighted by Crippen LogP contribution is 2.47. The largest absolute Gasteiger partial charge is 0.454 e. The standard InChI is InChI=1S/C32H40N4O9S/c1-35-12-6-4-2-3-5-7-20-15-32(20,30(39)34-46(41,42)22-9-10-22)33-28(37)23-13-21(14-24(23)29(35)38)45-31(40)36-16-19-8-11-26-27(25(19)17-36)44-18-43-26/h5,7-8,11,20-24H,2-4,6,9-10,12-18H2,1H3,(H,33,37)(H,34,39)/b7-5-/t20-,21-,23-,24?,32-/m1/s1. The van der Waals surface area contributed by atoms with Gasteiger partial charge in [-0.2, -0.15) is 0 Å². The molecule has 46 heavy (non-hydrogen) atoms. The van der Waals surface area contributed by atoms with Gasteiger partial charge in [0, 0.05) is 31.6 Å². The molecule has 3 heterocycles. The lowest BCUT2D eigenvalue weighted by atomic mass is 9.93. The lowest BCUT2D eigenvalue weighted by Crippen LogP contribution is -2.54.